The Hall–Kier alpha value is 0.698. The van der Waals surface area contributed by atoms with Crippen LogP contribution in [0.5, 0.6) is 0 Å². The third-order valence-corrected chi connectivity index (χ3v) is 12.5. The fourth-order valence-corrected chi connectivity index (χ4v) is 12.3. The van der Waals surface area contributed by atoms with Gasteiger partial charge >= 0.3 is 127 Å². The van der Waals surface area contributed by atoms with Gasteiger partial charge in [0, 0.05) is 0 Å². The molecular weight excluding hydrogens is 344 g/mol. The number of piperidine rings is 3. The molecule has 3 heterocycles. The molecule has 0 saturated carbocycles. The van der Waals surface area contributed by atoms with Gasteiger partial charge in [0.2, 0.25) is 0 Å². The Morgan fingerprint density at radius 2 is 0.632 bits per heavy atom. The van der Waals surface area contributed by atoms with Crippen LogP contribution in [0.4, 0.5) is 0 Å². The van der Waals surface area contributed by atoms with Crippen LogP contribution in [0.1, 0.15) is 57.8 Å². The van der Waals surface area contributed by atoms with Crippen molar-refractivity contribution >= 4 is 21.0 Å². The fraction of sp³-hybridized carbons (Fsp3) is 1.00. The van der Waals surface area contributed by atoms with Crippen LogP contribution in [-0.2, 0) is 0 Å². The molecule has 3 fully saturated rings. The van der Waals surface area contributed by atoms with Gasteiger partial charge in [0.05, 0.1) is 0 Å². The Labute approximate surface area is 127 Å². The van der Waals surface area contributed by atoms with E-state index in [0.29, 0.717) is 0 Å². The molecular formula is C15H30N3Sb. The monoisotopic (exact) mass is 373 g/mol. The Balaban J connectivity index is 1.68. The van der Waals surface area contributed by atoms with Crippen LogP contribution < -0.4 is 0 Å². The molecule has 0 N–H and O–H groups in total. The first-order chi connectivity index (χ1) is 9.45. The summed E-state index contributed by atoms with van der Waals surface area (Å²) in [5.74, 6) is 0. The average molecular weight is 374 g/mol. The molecule has 0 amide bonds. The summed E-state index contributed by atoms with van der Waals surface area (Å²) in [6, 6.07) is 0. The van der Waals surface area contributed by atoms with E-state index in [1.165, 1.54) is 97.1 Å². The molecule has 0 aromatic carbocycles. The molecule has 0 aromatic rings. The van der Waals surface area contributed by atoms with Crippen LogP contribution in [0.3, 0.4) is 0 Å². The maximum absolute atomic E-state index is 2.98. The van der Waals surface area contributed by atoms with Crippen LogP contribution in [0.15, 0.2) is 0 Å². The number of hydrogen-bond donors (Lipinski definition) is 0. The van der Waals surface area contributed by atoms with Gasteiger partial charge in [0.15, 0.2) is 0 Å². The van der Waals surface area contributed by atoms with Crippen molar-refractivity contribution < 1.29 is 0 Å². The van der Waals surface area contributed by atoms with Gasteiger partial charge in [-0.2, -0.15) is 0 Å². The van der Waals surface area contributed by atoms with E-state index in [2.05, 4.69) is 9.18 Å². The van der Waals surface area contributed by atoms with Crippen molar-refractivity contribution in [3.8, 4) is 0 Å². The first-order valence-electron chi connectivity index (χ1n) is 8.50. The summed E-state index contributed by atoms with van der Waals surface area (Å²) in [7, 11) is 0. The minimum absolute atomic E-state index is 1.41. The van der Waals surface area contributed by atoms with Gasteiger partial charge in [-0.05, 0) is 0 Å². The maximum atomic E-state index is 2.98. The average Bonchev–Trinajstić information content (AvgIpc) is 2.51. The predicted octanol–water partition coefficient (Wildman–Crippen LogP) is 2.43. The van der Waals surface area contributed by atoms with E-state index in [-0.39, 0.29) is 0 Å². The quantitative estimate of drug-likeness (QED) is 0.703. The van der Waals surface area contributed by atoms with Crippen LogP contribution >= 0.6 is 0 Å². The van der Waals surface area contributed by atoms with E-state index in [4.69, 9.17) is 0 Å². The summed E-state index contributed by atoms with van der Waals surface area (Å²) in [4.78, 5) is 0. The second-order valence-electron chi connectivity index (χ2n) is 6.31. The fourth-order valence-electron chi connectivity index (χ4n) is 3.70. The van der Waals surface area contributed by atoms with Gasteiger partial charge < -0.3 is 0 Å². The summed E-state index contributed by atoms with van der Waals surface area (Å²) in [5.41, 5.74) is 0. The molecule has 3 aliphatic rings. The van der Waals surface area contributed by atoms with Crippen molar-refractivity contribution in [1.82, 2.24) is 9.18 Å². The third-order valence-electron chi connectivity index (χ3n) is 4.76. The summed E-state index contributed by atoms with van der Waals surface area (Å²) < 4.78 is 8.93. The van der Waals surface area contributed by atoms with E-state index in [9.17, 15) is 0 Å². The first-order valence-corrected chi connectivity index (χ1v) is 11.9. The molecule has 0 radical (unpaired) electrons. The van der Waals surface area contributed by atoms with Crippen LogP contribution in [-0.4, -0.2) is 69.5 Å². The normalized spacial score (nSPS) is 28.9. The molecule has 4 heteroatoms. The van der Waals surface area contributed by atoms with Crippen molar-refractivity contribution in [2.45, 2.75) is 57.8 Å². The van der Waals surface area contributed by atoms with Crippen molar-refractivity contribution in [2.75, 3.05) is 39.3 Å². The van der Waals surface area contributed by atoms with Crippen LogP contribution in [0.25, 0.3) is 0 Å². The van der Waals surface area contributed by atoms with Gasteiger partial charge in [-0.1, -0.05) is 0 Å². The number of nitrogens with zero attached hydrogens (tertiary/aromatic N) is 3. The molecule has 3 saturated heterocycles. The SMILES string of the molecule is C1CC[N]([Sb]([N]2CCCCC2)[N]2CCCCC2)CC1. The molecule has 3 nitrogen and oxygen atoms in total. The zero-order valence-corrected chi connectivity index (χ0v) is 14.9. The number of rotatable bonds is 3. The molecule has 3 rings (SSSR count). The molecule has 0 bridgehead atoms. The third kappa shape index (κ3) is 3.87. The van der Waals surface area contributed by atoms with Crippen LogP contribution in [0, 0.1) is 0 Å². The zero-order valence-electron chi connectivity index (χ0n) is 12.4. The van der Waals surface area contributed by atoms with Crippen molar-refractivity contribution in [1.29, 1.82) is 0 Å². The van der Waals surface area contributed by atoms with E-state index >= 15 is 0 Å². The van der Waals surface area contributed by atoms with Crippen molar-refractivity contribution in [2.24, 2.45) is 0 Å². The van der Waals surface area contributed by atoms with Gasteiger partial charge in [-0.25, -0.2) is 0 Å². The Morgan fingerprint density at radius 1 is 0.368 bits per heavy atom. The van der Waals surface area contributed by atoms with E-state index in [1.807, 2.05) is 0 Å². The molecule has 0 unspecified atom stereocenters. The van der Waals surface area contributed by atoms with Crippen molar-refractivity contribution in [3.05, 3.63) is 0 Å². The predicted molar refractivity (Wildman–Crippen MR) is 82.0 cm³/mol. The molecule has 3 aliphatic heterocycles. The molecule has 0 atom stereocenters. The molecule has 110 valence electrons. The standard InChI is InChI=1S/3C5H10N.Sb/c3*1-2-4-6-5-3-1;/h3*1-5H2;/q3*-1;+3. The summed E-state index contributed by atoms with van der Waals surface area (Å²) >= 11 is -1.50. The Kier molecular flexibility index (Phi) is 5.88. The zero-order chi connectivity index (χ0) is 12.9. The minimum atomic E-state index is -1.50. The Bertz CT molecular complexity index is 213. The first kappa shape index (κ1) is 14.6. The second-order valence-corrected chi connectivity index (χ2v) is 12.7. The Morgan fingerprint density at radius 3 is 0.895 bits per heavy atom. The van der Waals surface area contributed by atoms with Gasteiger partial charge in [-0.3, -0.25) is 0 Å². The van der Waals surface area contributed by atoms with Gasteiger partial charge in [-0.15, -0.1) is 0 Å². The van der Waals surface area contributed by atoms with E-state index in [1.54, 1.807) is 0 Å². The van der Waals surface area contributed by atoms with Crippen molar-refractivity contribution in [3.63, 3.8) is 0 Å². The summed E-state index contributed by atoms with van der Waals surface area (Å²) in [6.45, 7) is 8.48. The molecule has 19 heavy (non-hydrogen) atoms. The molecule has 0 aliphatic carbocycles. The summed E-state index contributed by atoms with van der Waals surface area (Å²) in [6.07, 6.45) is 13.2. The van der Waals surface area contributed by atoms with Gasteiger partial charge in [0.1, 0.15) is 0 Å². The number of hydrogen-bond acceptors (Lipinski definition) is 3. The topological polar surface area (TPSA) is 9.72 Å². The molecule has 0 aromatic heterocycles. The molecule has 0 spiro atoms. The van der Waals surface area contributed by atoms with Gasteiger partial charge in [0.25, 0.3) is 0 Å². The van der Waals surface area contributed by atoms with E-state index in [0.717, 1.165) is 0 Å². The van der Waals surface area contributed by atoms with Crippen LogP contribution in [0.2, 0.25) is 0 Å². The summed E-state index contributed by atoms with van der Waals surface area (Å²) in [5, 5.41) is 0. The second kappa shape index (κ2) is 7.63. The van der Waals surface area contributed by atoms with E-state index < -0.39 is 21.0 Å².